The Balaban J connectivity index is 1.89. The number of hydrogen-bond acceptors (Lipinski definition) is 5. The van der Waals surface area contributed by atoms with Gasteiger partial charge < -0.3 is 4.74 Å². The Bertz CT molecular complexity index is 894. The number of aryl methyl sites for hydroxylation is 1. The lowest BCUT2D eigenvalue weighted by molar-refractivity contribution is 0.443. The minimum absolute atomic E-state index is 0.0785. The number of benzene rings is 2. The number of sulfone groups is 1. The molecular weight excluding hydrogens is 434 g/mol. The van der Waals surface area contributed by atoms with Crippen LogP contribution in [0.5, 0.6) is 11.5 Å². The molecular formula is C19H22BrNO3S2. The molecule has 1 saturated heterocycles. The first-order valence-electron chi connectivity index (χ1n) is 8.57. The molecule has 2 aromatic rings. The number of hydrogen-bond donors (Lipinski definition) is 0. The second-order valence-electron chi connectivity index (χ2n) is 6.21. The molecule has 4 nitrogen and oxygen atoms in total. The van der Waals surface area contributed by atoms with Crippen LogP contribution in [0.4, 0.5) is 0 Å². The molecule has 3 rings (SSSR count). The highest BCUT2D eigenvalue weighted by Gasteiger charge is 2.18. The van der Waals surface area contributed by atoms with Gasteiger partial charge in [0.1, 0.15) is 11.5 Å². The fraction of sp³-hybridized carbons (Fsp3) is 0.368. The standard InChI is InChI=1S/C19H22BrNO3S2/c1-3-26(22,23)16-8-9-18(17(20)12-16)24-19-14(2)6-4-7-15(19)13-21-10-5-11-25-21/h4,6-9,12H,3,5,10-11,13H2,1-2H3. The van der Waals surface area contributed by atoms with Gasteiger partial charge in [0.25, 0.3) is 0 Å². The van der Waals surface area contributed by atoms with Crippen molar-refractivity contribution >= 4 is 37.7 Å². The smallest absolute Gasteiger partial charge is 0.178 e. The number of halogens is 1. The topological polar surface area (TPSA) is 46.6 Å². The van der Waals surface area contributed by atoms with Crippen LogP contribution in [0.25, 0.3) is 0 Å². The summed E-state index contributed by atoms with van der Waals surface area (Å²) in [6.45, 7) is 5.59. The summed E-state index contributed by atoms with van der Waals surface area (Å²) in [7, 11) is -3.24. The molecule has 0 atom stereocenters. The van der Waals surface area contributed by atoms with Crippen molar-refractivity contribution in [3.8, 4) is 11.5 Å². The summed E-state index contributed by atoms with van der Waals surface area (Å²) in [6.07, 6.45) is 1.21. The van der Waals surface area contributed by atoms with Gasteiger partial charge in [-0.3, -0.25) is 0 Å². The van der Waals surface area contributed by atoms with Crippen molar-refractivity contribution in [1.82, 2.24) is 4.31 Å². The zero-order valence-corrected chi connectivity index (χ0v) is 18.1. The molecule has 2 aromatic carbocycles. The monoisotopic (exact) mass is 455 g/mol. The van der Waals surface area contributed by atoms with Crippen molar-refractivity contribution in [3.05, 3.63) is 52.0 Å². The van der Waals surface area contributed by atoms with Gasteiger partial charge in [-0.1, -0.05) is 37.1 Å². The van der Waals surface area contributed by atoms with E-state index in [4.69, 9.17) is 4.74 Å². The van der Waals surface area contributed by atoms with Gasteiger partial charge in [-0.05, 0) is 53.0 Å². The summed E-state index contributed by atoms with van der Waals surface area (Å²) in [6, 6.07) is 11.1. The Hall–Kier alpha value is -1.02. The molecule has 0 amide bonds. The summed E-state index contributed by atoms with van der Waals surface area (Å²) in [5, 5.41) is 0. The third-order valence-electron chi connectivity index (χ3n) is 4.32. The highest BCUT2D eigenvalue weighted by Crippen LogP contribution is 2.36. The Morgan fingerprint density at radius 2 is 2.08 bits per heavy atom. The third kappa shape index (κ3) is 4.44. The number of rotatable bonds is 6. The van der Waals surface area contributed by atoms with Crippen LogP contribution >= 0.6 is 27.9 Å². The average molecular weight is 456 g/mol. The summed E-state index contributed by atoms with van der Waals surface area (Å²) < 4.78 is 33.3. The lowest BCUT2D eigenvalue weighted by atomic mass is 10.1. The maximum Gasteiger partial charge on any atom is 0.178 e. The lowest BCUT2D eigenvalue weighted by Gasteiger charge is -2.19. The maximum absolute atomic E-state index is 12.1. The van der Waals surface area contributed by atoms with E-state index in [1.54, 1.807) is 25.1 Å². The predicted molar refractivity (Wildman–Crippen MR) is 111 cm³/mol. The van der Waals surface area contributed by atoms with E-state index >= 15 is 0 Å². The first-order chi connectivity index (χ1) is 12.4. The number of nitrogens with zero attached hydrogens (tertiary/aromatic N) is 1. The van der Waals surface area contributed by atoms with Crippen LogP contribution in [0, 0.1) is 6.92 Å². The molecule has 1 aliphatic rings. The van der Waals surface area contributed by atoms with E-state index in [-0.39, 0.29) is 5.75 Å². The van der Waals surface area contributed by atoms with E-state index < -0.39 is 9.84 Å². The van der Waals surface area contributed by atoms with Gasteiger partial charge in [0.05, 0.1) is 15.1 Å². The quantitative estimate of drug-likeness (QED) is 0.560. The highest BCUT2D eigenvalue weighted by atomic mass is 79.9. The zero-order chi connectivity index (χ0) is 18.7. The fourth-order valence-electron chi connectivity index (χ4n) is 2.83. The van der Waals surface area contributed by atoms with Crippen LogP contribution in [0.15, 0.2) is 45.8 Å². The van der Waals surface area contributed by atoms with Crippen LogP contribution in [-0.2, 0) is 16.4 Å². The summed E-state index contributed by atoms with van der Waals surface area (Å²) >= 11 is 5.33. The molecule has 1 heterocycles. The van der Waals surface area contributed by atoms with E-state index in [1.165, 1.54) is 12.2 Å². The molecule has 0 aliphatic carbocycles. The van der Waals surface area contributed by atoms with Crippen molar-refractivity contribution < 1.29 is 13.2 Å². The minimum Gasteiger partial charge on any atom is -0.456 e. The maximum atomic E-state index is 12.1. The first-order valence-corrected chi connectivity index (χ1v) is 12.0. The molecule has 1 fully saturated rings. The van der Waals surface area contributed by atoms with Gasteiger partial charge in [0.2, 0.25) is 0 Å². The van der Waals surface area contributed by atoms with Gasteiger partial charge in [-0.2, -0.15) is 0 Å². The van der Waals surface area contributed by atoms with Gasteiger partial charge in [0, 0.05) is 24.4 Å². The largest absolute Gasteiger partial charge is 0.456 e. The SMILES string of the molecule is CCS(=O)(=O)c1ccc(Oc2c(C)cccc2CN2CCCS2)c(Br)c1. The molecule has 0 N–H and O–H groups in total. The second-order valence-corrected chi connectivity index (χ2v) is 10.5. The fourth-order valence-corrected chi connectivity index (χ4v) is 5.35. The molecule has 0 radical (unpaired) electrons. The van der Waals surface area contributed by atoms with Crippen LogP contribution in [-0.4, -0.2) is 30.8 Å². The van der Waals surface area contributed by atoms with Gasteiger partial charge in [-0.25, -0.2) is 12.7 Å². The Kier molecular flexibility index (Phi) is 6.33. The van der Waals surface area contributed by atoms with E-state index in [0.717, 1.165) is 30.0 Å². The lowest BCUT2D eigenvalue weighted by Crippen LogP contribution is -2.11. The molecule has 26 heavy (non-hydrogen) atoms. The predicted octanol–water partition coefficient (Wildman–Crippen LogP) is 5.20. The van der Waals surface area contributed by atoms with Crippen molar-refractivity contribution in [3.63, 3.8) is 0 Å². The average Bonchev–Trinajstić information content (AvgIpc) is 3.12. The van der Waals surface area contributed by atoms with E-state index in [9.17, 15) is 8.42 Å². The second kappa shape index (κ2) is 8.33. The molecule has 1 aliphatic heterocycles. The van der Waals surface area contributed by atoms with Crippen molar-refractivity contribution in [2.24, 2.45) is 0 Å². The van der Waals surface area contributed by atoms with Crippen LogP contribution in [0.1, 0.15) is 24.5 Å². The molecule has 0 bridgehead atoms. The summed E-state index contributed by atoms with van der Waals surface area (Å²) in [5.41, 5.74) is 2.19. The van der Waals surface area contributed by atoms with Crippen molar-refractivity contribution in [1.29, 1.82) is 0 Å². The van der Waals surface area contributed by atoms with Gasteiger partial charge in [0.15, 0.2) is 9.84 Å². The molecule has 0 aromatic heterocycles. The Morgan fingerprint density at radius 3 is 2.73 bits per heavy atom. The van der Waals surface area contributed by atoms with Crippen molar-refractivity contribution in [2.75, 3.05) is 18.1 Å². The molecule has 0 saturated carbocycles. The van der Waals surface area contributed by atoms with Crippen LogP contribution in [0.2, 0.25) is 0 Å². The summed E-state index contributed by atoms with van der Waals surface area (Å²) in [4.78, 5) is 0.303. The Labute approximate surface area is 168 Å². The summed E-state index contributed by atoms with van der Waals surface area (Å²) in [5.74, 6) is 2.70. The third-order valence-corrected chi connectivity index (χ3v) is 7.82. The molecule has 140 valence electrons. The normalized spacial score (nSPS) is 15.3. The minimum atomic E-state index is -3.24. The molecule has 0 spiro atoms. The molecule has 0 unspecified atom stereocenters. The van der Waals surface area contributed by atoms with E-state index in [1.807, 2.05) is 31.0 Å². The van der Waals surface area contributed by atoms with E-state index in [0.29, 0.717) is 15.1 Å². The zero-order valence-electron chi connectivity index (χ0n) is 14.9. The van der Waals surface area contributed by atoms with E-state index in [2.05, 4.69) is 26.3 Å². The van der Waals surface area contributed by atoms with Gasteiger partial charge >= 0.3 is 0 Å². The molecule has 7 heteroatoms. The number of ether oxygens (including phenoxy) is 1. The Morgan fingerprint density at radius 1 is 1.27 bits per heavy atom. The van der Waals surface area contributed by atoms with Crippen LogP contribution < -0.4 is 4.74 Å². The van der Waals surface area contributed by atoms with Gasteiger partial charge in [-0.15, -0.1) is 0 Å². The highest BCUT2D eigenvalue weighted by molar-refractivity contribution is 9.10. The first kappa shape index (κ1) is 19.7. The number of para-hydroxylation sites is 1. The van der Waals surface area contributed by atoms with Crippen molar-refractivity contribution in [2.45, 2.75) is 31.7 Å². The van der Waals surface area contributed by atoms with Crippen LogP contribution in [0.3, 0.4) is 0 Å².